The molecule has 0 fully saturated rings. The summed E-state index contributed by atoms with van der Waals surface area (Å²) in [5.74, 6) is -0.713. The highest BCUT2D eigenvalue weighted by Gasteiger charge is 2.22. The summed E-state index contributed by atoms with van der Waals surface area (Å²) in [6.07, 6.45) is -0.199. The molecular formula is C15H16FNO2S. The van der Waals surface area contributed by atoms with Crippen molar-refractivity contribution in [1.82, 2.24) is 0 Å². The van der Waals surface area contributed by atoms with Gasteiger partial charge in [0, 0.05) is 4.88 Å². The molecule has 0 atom stereocenters. The van der Waals surface area contributed by atoms with Crippen molar-refractivity contribution in [2.24, 2.45) is 0 Å². The summed E-state index contributed by atoms with van der Waals surface area (Å²) < 4.78 is 18.2. The van der Waals surface area contributed by atoms with Gasteiger partial charge in [0.1, 0.15) is 10.8 Å². The van der Waals surface area contributed by atoms with Crippen molar-refractivity contribution in [3.05, 3.63) is 41.2 Å². The SMILES string of the molecule is Cc1c(-c2ccc(F)cc2)sc(N)c1C(=O)OC(C)C. The van der Waals surface area contributed by atoms with E-state index in [1.807, 2.05) is 6.92 Å². The van der Waals surface area contributed by atoms with Gasteiger partial charge >= 0.3 is 5.97 Å². The fourth-order valence-electron chi connectivity index (χ4n) is 1.94. The maximum absolute atomic E-state index is 13.0. The number of anilines is 1. The Labute approximate surface area is 121 Å². The molecule has 0 aliphatic heterocycles. The van der Waals surface area contributed by atoms with E-state index in [-0.39, 0.29) is 11.9 Å². The Morgan fingerprint density at radius 3 is 2.45 bits per heavy atom. The molecule has 20 heavy (non-hydrogen) atoms. The van der Waals surface area contributed by atoms with Crippen LogP contribution >= 0.6 is 11.3 Å². The van der Waals surface area contributed by atoms with Crippen LogP contribution in [0.2, 0.25) is 0 Å². The number of benzene rings is 1. The number of nitrogens with two attached hydrogens (primary N) is 1. The second kappa shape index (κ2) is 5.63. The molecule has 1 heterocycles. The molecule has 1 aromatic carbocycles. The van der Waals surface area contributed by atoms with E-state index < -0.39 is 5.97 Å². The Morgan fingerprint density at radius 2 is 1.90 bits per heavy atom. The predicted molar refractivity (Wildman–Crippen MR) is 79.4 cm³/mol. The molecule has 2 aromatic rings. The number of ether oxygens (including phenoxy) is 1. The number of thiophene rings is 1. The first kappa shape index (κ1) is 14.5. The molecule has 3 nitrogen and oxygen atoms in total. The maximum Gasteiger partial charge on any atom is 0.341 e. The molecule has 0 unspecified atom stereocenters. The van der Waals surface area contributed by atoms with Crippen molar-refractivity contribution in [3.63, 3.8) is 0 Å². The smallest absolute Gasteiger partial charge is 0.341 e. The van der Waals surface area contributed by atoms with Crippen molar-refractivity contribution in [2.75, 3.05) is 5.73 Å². The monoisotopic (exact) mass is 293 g/mol. The van der Waals surface area contributed by atoms with Crippen molar-refractivity contribution in [2.45, 2.75) is 26.9 Å². The maximum atomic E-state index is 13.0. The minimum absolute atomic E-state index is 0.199. The summed E-state index contributed by atoms with van der Waals surface area (Å²) in [6.45, 7) is 5.40. The highest BCUT2D eigenvalue weighted by Crippen LogP contribution is 2.38. The predicted octanol–water partition coefficient (Wildman–Crippen LogP) is 4.01. The Morgan fingerprint density at radius 1 is 1.30 bits per heavy atom. The molecule has 0 aliphatic rings. The molecule has 0 saturated heterocycles. The Hall–Kier alpha value is -1.88. The van der Waals surface area contributed by atoms with E-state index in [0.717, 1.165) is 16.0 Å². The van der Waals surface area contributed by atoms with Gasteiger partial charge in [-0.05, 0) is 44.0 Å². The fraction of sp³-hybridized carbons (Fsp3) is 0.267. The quantitative estimate of drug-likeness (QED) is 0.870. The molecule has 0 radical (unpaired) electrons. The summed E-state index contributed by atoms with van der Waals surface area (Å²) >= 11 is 1.31. The van der Waals surface area contributed by atoms with Crippen LogP contribution < -0.4 is 5.73 Å². The molecular weight excluding hydrogens is 277 g/mol. The van der Waals surface area contributed by atoms with Gasteiger partial charge in [0.2, 0.25) is 0 Å². The van der Waals surface area contributed by atoms with Gasteiger partial charge in [0.15, 0.2) is 0 Å². The first-order valence-corrected chi connectivity index (χ1v) is 7.07. The molecule has 0 aliphatic carbocycles. The number of rotatable bonds is 3. The number of halogens is 1. The molecule has 0 bridgehead atoms. The highest BCUT2D eigenvalue weighted by molar-refractivity contribution is 7.19. The zero-order chi connectivity index (χ0) is 14.9. The van der Waals surface area contributed by atoms with E-state index >= 15 is 0 Å². The zero-order valence-corrected chi connectivity index (χ0v) is 12.4. The van der Waals surface area contributed by atoms with Crippen LogP contribution in [0.1, 0.15) is 29.8 Å². The summed E-state index contributed by atoms with van der Waals surface area (Å²) in [5.41, 5.74) is 7.94. The number of carbonyl (C=O) groups excluding carboxylic acids is 1. The summed E-state index contributed by atoms with van der Waals surface area (Å²) in [4.78, 5) is 12.9. The number of carbonyl (C=O) groups is 1. The van der Waals surface area contributed by atoms with Crippen LogP contribution in [0.4, 0.5) is 9.39 Å². The molecule has 0 spiro atoms. The van der Waals surface area contributed by atoms with Crippen molar-refractivity contribution in [1.29, 1.82) is 0 Å². The summed E-state index contributed by atoms with van der Waals surface area (Å²) in [6, 6.07) is 6.12. The molecule has 0 saturated carbocycles. The lowest BCUT2D eigenvalue weighted by atomic mass is 10.1. The van der Waals surface area contributed by atoms with E-state index in [4.69, 9.17) is 10.5 Å². The number of hydrogen-bond donors (Lipinski definition) is 1. The van der Waals surface area contributed by atoms with E-state index in [0.29, 0.717) is 10.6 Å². The normalized spacial score (nSPS) is 10.8. The van der Waals surface area contributed by atoms with Crippen molar-refractivity contribution < 1.29 is 13.9 Å². The van der Waals surface area contributed by atoms with Crippen molar-refractivity contribution in [3.8, 4) is 10.4 Å². The Bertz CT molecular complexity index is 632. The van der Waals surface area contributed by atoms with Gasteiger partial charge in [0.05, 0.1) is 11.7 Å². The standard InChI is InChI=1S/C15H16FNO2S/c1-8(2)19-15(18)12-9(3)13(20-14(12)17)10-4-6-11(16)7-5-10/h4-8H,17H2,1-3H3. The van der Waals surface area contributed by atoms with Crippen LogP contribution in [-0.4, -0.2) is 12.1 Å². The van der Waals surface area contributed by atoms with E-state index in [9.17, 15) is 9.18 Å². The first-order valence-electron chi connectivity index (χ1n) is 6.26. The zero-order valence-electron chi connectivity index (χ0n) is 11.6. The van der Waals surface area contributed by atoms with Gasteiger partial charge in [0.25, 0.3) is 0 Å². The number of nitrogen functional groups attached to an aromatic ring is 1. The third-order valence-electron chi connectivity index (χ3n) is 2.83. The minimum Gasteiger partial charge on any atom is -0.459 e. The van der Waals surface area contributed by atoms with Crippen LogP contribution in [-0.2, 0) is 4.74 Å². The largest absolute Gasteiger partial charge is 0.459 e. The topological polar surface area (TPSA) is 52.3 Å². The van der Waals surface area contributed by atoms with Gasteiger partial charge in [-0.1, -0.05) is 12.1 Å². The second-order valence-corrected chi connectivity index (χ2v) is 5.81. The Kier molecular flexibility index (Phi) is 4.09. The average Bonchev–Trinajstić information content (AvgIpc) is 2.65. The van der Waals surface area contributed by atoms with Gasteiger partial charge in [-0.15, -0.1) is 11.3 Å². The van der Waals surface area contributed by atoms with E-state index in [2.05, 4.69) is 0 Å². The third-order valence-corrected chi connectivity index (χ3v) is 4.00. The molecule has 5 heteroatoms. The van der Waals surface area contributed by atoms with Crippen LogP contribution in [0.15, 0.2) is 24.3 Å². The lowest BCUT2D eigenvalue weighted by Crippen LogP contribution is -2.13. The first-order chi connectivity index (χ1) is 9.40. The molecule has 2 rings (SSSR count). The Balaban J connectivity index is 2.43. The number of esters is 1. The average molecular weight is 293 g/mol. The van der Waals surface area contributed by atoms with Gasteiger partial charge < -0.3 is 10.5 Å². The fourth-order valence-corrected chi connectivity index (χ4v) is 3.01. The summed E-state index contributed by atoms with van der Waals surface area (Å²) in [5, 5.41) is 0.424. The van der Waals surface area contributed by atoms with E-state index in [1.54, 1.807) is 26.0 Å². The lowest BCUT2D eigenvalue weighted by Gasteiger charge is -2.08. The van der Waals surface area contributed by atoms with Crippen LogP contribution in [0.5, 0.6) is 0 Å². The summed E-state index contributed by atoms with van der Waals surface area (Å²) in [7, 11) is 0. The van der Waals surface area contributed by atoms with Crippen molar-refractivity contribution >= 4 is 22.3 Å². The van der Waals surface area contributed by atoms with E-state index in [1.165, 1.54) is 23.5 Å². The molecule has 1 aromatic heterocycles. The lowest BCUT2D eigenvalue weighted by molar-refractivity contribution is 0.0379. The van der Waals surface area contributed by atoms with Crippen LogP contribution in [0.25, 0.3) is 10.4 Å². The van der Waals surface area contributed by atoms with Gasteiger partial charge in [-0.3, -0.25) is 0 Å². The molecule has 106 valence electrons. The second-order valence-electron chi connectivity index (χ2n) is 4.76. The minimum atomic E-state index is -0.417. The third kappa shape index (κ3) is 2.82. The van der Waals surface area contributed by atoms with Crippen LogP contribution in [0, 0.1) is 12.7 Å². The molecule has 2 N–H and O–H groups in total. The van der Waals surface area contributed by atoms with Gasteiger partial charge in [-0.25, -0.2) is 9.18 Å². The van der Waals surface area contributed by atoms with Gasteiger partial charge in [-0.2, -0.15) is 0 Å². The van der Waals surface area contributed by atoms with Crippen LogP contribution in [0.3, 0.4) is 0 Å². The number of hydrogen-bond acceptors (Lipinski definition) is 4. The molecule has 0 amide bonds. The highest BCUT2D eigenvalue weighted by atomic mass is 32.1.